The van der Waals surface area contributed by atoms with E-state index in [9.17, 15) is 13.2 Å². The number of sulfonamides is 1. The Balaban J connectivity index is 1.30. The highest BCUT2D eigenvalue weighted by molar-refractivity contribution is 7.89. The Bertz CT molecular complexity index is 928. The van der Waals surface area contributed by atoms with Crippen molar-refractivity contribution in [2.24, 2.45) is 0 Å². The minimum absolute atomic E-state index is 0.0679. The van der Waals surface area contributed by atoms with Crippen molar-refractivity contribution in [3.05, 3.63) is 40.9 Å². The molecule has 1 aromatic heterocycles. The first kappa shape index (κ1) is 19.5. The Morgan fingerprint density at radius 3 is 2.54 bits per heavy atom. The fraction of sp³-hybridized carbons (Fsp3) is 0.500. The van der Waals surface area contributed by atoms with Gasteiger partial charge in [-0.1, -0.05) is 18.6 Å². The van der Waals surface area contributed by atoms with Crippen LogP contribution in [0.15, 0.2) is 34.5 Å². The van der Waals surface area contributed by atoms with E-state index in [1.165, 1.54) is 24.2 Å². The number of hydrogen-bond acceptors (Lipinski definition) is 5. The second-order valence-electron chi connectivity index (χ2n) is 7.51. The Hall–Kier alpha value is -1.77. The zero-order valence-electron chi connectivity index (χ0n) is 15.8. The molecule has 1 aliphatic heterocycles. The van der Waals surface area contributed by atoms with Crippen LogP contribution in [0.5, 0.6) is 0 Å². The van der Waals surface area contributed by atoms with Crippen LogP contribution in [0.3, 0.4) is 0 Å². The van der Waals surface area contributed by atoms with Crippen molar-refractivity contribution in [2.45, 2.75) is 55.8 Å². The molecular weight excluding hydrogens is 394 g/mol. The van der Waals surface area contributed by atoms with Gasteiger partial charge in [0, 0.05) is 30.8 Å². The molecule has 150 valence electrons. The van der Waals surface area contributed by atoms with E-state index in [1.54, 1.807) is 28.6 Å². The first-order chi connectivity index (χ1) is 13.5. The highest BCUT2D eigenvalue weighted by Gasteiger charge is 2.27. The summed E-state index contributed by atoms with van der Waals surface area (Å²) in [5, 5.41) is 5.54. The number of carbonyl (C=O) groups is 1. The van der Waals surface area contributed by atoms with Crippen molar-refractivity contribution in [3.8, 4) is 0 Å². The van der Waals surface area contributed by atoms with Crippen molar-refractivity contribution < 1.29 is 13.2 Å². The normalized spacial score (nSPS) is 18.1. The molecule has 0 atom stereocenters. The highest BCUT2D eigenvalue weighted by Crippen LogP contribution is 2.40. The van der Waals surface area contributed by atoms with Gasteiger partial charge in [0.15, 0.2) is 5.13 Å². The van der Waals surface area contributed by atoms with Gasteiger partial charge in [0.05, 0.1) is 10.6 Å². The maximum absolute atomic E-state index is 12.7. The van der Waals surface area contributed by atoms with Crippen LogP contribution in [-0.4, -0.2) is 36.7 Å². The lowest BCUT2D eigenvalue weighted by Gasteiger charge is -2.25. The van der Waals surface area contributed by atoms with Gasteiger partial charge in [0.1, 0.15) is 0 Å². The number of aryl methyl sites for hydroxylation is 1. The number of rotatable bonds is 7. The minimum atomic E-state index is -3.40. The number of carbonyl (C=O) groups excluding carboxylic acids is 1. The molecule has 2 aliphatic rings. The molecule has 8 heteroatoms. The van der Waals surface area contributed by atoms with Gasteiger partial charge in [0.2, 0.25) is 15.9 Å². The predicted molar refractivity (Wildman–Crippen MR) is 110 cm³/mol. The average molecular weight is 420 g/mol. The first-order valence-electron chi connectivity index (χ1n) is 9.87. The molecule has 2 fully saturated rings. The summed E-state index contributed by atoms with van der Waals surface area (Å²) in [6.45, 7) is 1.20. The molecule has 1 amide bonds. The number of amides is 1. The van der Waals surface area contributed by atoms with E-state index in [0.717, 1.165) is 30.5 Å². The molecule has 1 aliphatic carbocycles. The summed E-state index contributed by atoms with van der Waals surface area (Å²) in [7, 11) is -3.40. The second-order valence-corrected chi connectivity index (χ2v) is 10.3. The molecule has 6 nitrogen and oxygen atoms in total. The maximum atomic E-state index is 12.7. The van der Waals surface area contributed by atoms with Crippen LogP contribution in [0.25, 0.3) is 0 Å². The third-order valence-corrected chi connectivity index (χ3v) is 7.97. The van der Waals surface area contributed by atoms with Crippen LogP contribution >= 0.6 is 11.3 Å². The van der Waals surface area contributed by atoms with E-state index in [2.05, 4.69) is 10.3 Å². The number of hydrogen-bond donors (Lipinski definition) is 1. The van der Waals surface area contributed by atoms with Crippen LogP contribution in [0, 0.1) is 0 Å². The number of piperidine rings is 1. The second kappa shape index (κ2) is 8.31. The van der Waals surface area contributed by atoms with Gasteiger partial charge in [-0.2, -0.15) is 4.31 Å². The lowest BCUT2D eigenvalue weighted by Crippen LogP contribution is -2.35. The van der Waals surface area contributed by atoms with Gasteiger partial charge in [-0.05, 0) is 49.8 Å². The topological polar surface area (TPSA) is 79.4 Å². The van der Waals surface area contributed by atoms with Gasteiger partial charge >= 0.3 is 0 Å². The van der Waals surface area contributed by atoms with Crippen molar-refractivity contribution in [3.63, 3.8) is 0 Å². The number of thiazole rings is 1. The third kappa shape index (κ3) is 4.61. The smallest absolute Gasteiger partial charge is 0.243 e. The molecule has 1 aromatic carbocycles. The maximum Gasteiger partial charge on any atom is 0.243 e. The number of nitrogens with one attached hydrogen (secondary N) is 1. The summed E-state index contributed by atoms with van der Waals surface area (Å²) in [5.41, 5.74) is 2.04. The summed E-state index contributed by atoms with van der Waals surface area (Å²) in [6.07, 6.45) is 6.24. The zero-order chi connectivity index (χ0) is 19.6. The van der Waals surface area contributed by atoms with Crippen LogP contribution < -0.4 is 5.32 Å². The summed E-state index contributed by atoms with van der Waals surface area (Å²) in [4.78, 5) is 17.0. The summed E-state index contributed by atoms with van der Waals surface area (Å²) in [5.74, 6) is 0.517. The molecule has 28 heavy (non-hydrogen) atoms. The van der Waals surface area contributed by atoms with Crippen molar-refractivity contribution >= 4 is 32.4 Å². The third-order valence-electron chi connectivity index (χ3n) is 5.28. The summed E-state index contributed by atoms with van der Waals surface area (Å²) < 4.78 is 26.9. The molecule has 0 unspecified atom stereocenters. The fourth-order valence-corrected chi connectivity index (χ4v) is 5.76. The van der Waals surface area contributed by atoms with Crippen molar-refractivity contribution in [1.29, 1.82) is 0 Å². The summed E-state index contributed by atoms with van der Waals surface area (Å²) in [6, 6.07) is 6.91. The predicted octanol–water partition coefficient (Wildman–Crippen LogP) is 3.77. The largest absolute Gasteiger partial charge is 0.302 e. The molecule has 0 spiro atoms. The molecule has 0 radical (unpaired) electrons. The van der Waals surface area contributed by atoms with Gasteiger partial charge in [-0.25, -0.2) is 13.4 Å². The van der Waals surface area contributed by atoms with Crippen molar-refractivity contribution in [2.75, 3.05) is 18.4 Å². The lowest BCUT2D eigenvalue weighted by atomic mass is 10.1. The Labute approximate surface area is 170 Å². The van der Waals surface area contributed by atoms with Gasteiger partial charge in [-0.3, -0.25) is 4.79 Å². The molecule has 2 aromatic rings. The highest BCUT2D eigenvalue weighted by atomic mass is 32.2. The Morgan fingerprint density at radius 2 is 1.86 bits per heavy atom. The fourth-order valence-electron chi connectivity index (χ4n) is 3.43. The standard InChI is InChI=1S/C20H25N3O3S2/c24-19(22-20-21-18(14-27-20)16-7-8-16)11-6-15-4-9-17(10-5-15)28(25,26)23-12-2-1-3-13-23/h4-5,9-10,14,16H,1-3,6-8,11-13H2,(H,21,22,24). The van der Waals surface area contributed by atoms with E-state index in [-0.39, 0.29) is 5.91 Å². The number of aromatic nitrogens is 1. The van der Waals surface area contributed by atoms with Crippen LogP contribution in [-0.2, 0) is 21.2 Å². The summed E-state index contributed by atoms with van der Waals surface area (Å²) >= 11 is 1.47. The van der Waals surface area contributed by atoms with Gasteiger partial charge in [0.25, 0.3) is 0 Å². The molecule has 1 N–H and O–H groups in total. The SMILES string of the molecule is O=C(CCc1ccc(S(=O)(=O)N2CCCCC2)cc1)Nc1nc(C2CC2)cs1. The van der Waals surface area contributed by atoms with E-state index < -0.39 is 10.0 Å². The van der Waals surface area contributed by atoms with E-state index in [4.69, 9.17) is 0 Å². The average Bonchev–Trinajstić information content (AvgIpc) is 3.47. The monoisotopic (exact) mass is 419 g/mol. The van der Waals surface area contributed by atoms with Crippen molar-refractivity contribution in [1.82, 2.24) is 9.29 Å². The van der Waals surface area contributed by atoms with E-state index >= 15 is 0 Å². The number of nitrogens with zero attached hydrogens (tertiary/aromatic N) is 2. The van der Waals surface area contributed by atoms with Gasteiger partial charge < -0.3 is 5.32 Å². The lowest BCUT2D eigenvalue weighted by molar-refractivity contribution is -0.116. The van der Waals surface area contributed by atoms with Crippen LogP contribution in [0.2, 0.25) is 0 Å². The first-order valence-corrected chi connectivity index (χ1v) is 12.2. The zero-order valence-corrected chi connectivity index (χ0v) is 17.4. The van der Waals surface area contributed by atoms with Crippen LogP contribution in [0.1, 0.15) is 55.7 Å². The number of anilines is 1. The van der Waals surface area contributed by atoms with E-state index in [1.807, 2.05) is 5.38 Å². The van der Waals surface area contributed by atoms with Crippen LogP contribution in [0.4, 0.5) is 5.13 Å². The molecule has 2 heterocycles. The molecule has 1 saturated carbocycles. The minimum Gasteiger partial charge on any atom is -0.302 e. The quantitative estimate of drug-likeness (QED) is 0.741. The molecule has 1 saturated heterocycles. The number of benzene rings is 1. The molecular formula is C20H25N3O3S2. The van der Waals surface area contributed by atoms with E-state index in [0.29, 0.717) is 41.9 Å². The molecule has 4 rings (SSSR count). The van der Waals surface area contributed by atoms with Gasteiger partial charge in [-0.15, -0.1) is 11.3 Å². The molecule has 0 bridgehead atoms. The Kier molecular flexibility index (Phi) is 5.80. The Morgan fingerprint density at radius 1 is 1.14 bits per heavy atom.